The van der Waals surface area contributed by atoms with Crippen molar-refractivity contribution in [2.45, 2.75) is 13.3 Å². The van der Waals surface area contributed by atoms with Crippen LogP contribution >= 0.6 is 11.3 Å². The number of fused-ring (bicyclic) bond motifs is 1. The summed E-state index contributed by atoms with van der Waals surface area (Å²) in [6.45, 7) is 1.80. The number of hydrogen-bond donors (Lipinski definition) is 1. The van der Waals surface area contributed by atoms with Crippen LogP contribution in [0.5, 0.6) is 0 Å². The Balaban J connectivity index is 2.00. The molecular weight excluding hydrogens is 254 g/mol. The van der Waals surface area contributed by atoms with Crippen molar-refractivity contribution in [1.82, 2.24) is 14.7 Å². The Kier molecular flexibility index (Phi) is 3.61. The third-order valence-electron chi connectivity index (χ3n) is 2.40. The highest BCUT2D eigenvalue weighted by molar-refractivity contribution is 7.15. The average Bonchev–Trinajstić information content (AvgIpc) is 2.87. The van der Waals surface area contributed by atoms with Gasteiger partial charge in [-0.2, -0.15) is 0 Å². The Bertz CT molecular complexity index is 587. The van der Waals surface area contributed by atoms with Crippen molar-refractivity contribution in [3.63, 3.8) is 0 Å². The van der Waals surface area contributed by atoms with Crippen molar-refractivity contribution in [1.29, 1.82) is 0 Å². The highest BCUT2D eigenvalue weighted by Crippen LogP contribution is 2.16. The highest BCUT2D eigenvalue weighted by Gasteiger charge is 2.11. The van der Waals surface area contributed by atoms with Crippen LogP contribution in [0.2, 0.25) is 0 Å². The second-order valence-corrected chi connectivity index (χ2v) is 4.63. The molecule has 2 heterocycles. The van der Waals surface area contributed by atoms with Gasteiger partial charge in [-0.1, -0.05) is 0 Å². The zero-order valence-corrected chi connectivity index (χ0v) is 10.9. The third-order valence-corrected chi connectivity index (χ3v) is 3.29. The van der Waals surface area contributed by atoms with Gasteiger partial charge in [0.15, 0.2) is 4.96 Å². The van der Waals surface area contributed by atoms with Crippen LogP contribution in [0, 0.1) is 6.92 Å². The minimum atomic E-state index is -0.461. The summed E-state index contributed by atoms with van der Waals surface area (Å²) in [4.78, 5) is 27.7. The van der Waals surface area contributed by atoms with Crippen LogP contribution in [-0.2, 0) is 20.7 Å². The molecule has 0 spiro atoms. The summed E-state index contributed by atoms with van der Waals surface area (Å²) in [5, 5.41) is 4.39. The molecule has 1 N–H and O–H groups in total. The number of carbonyl (C=O) groups excluding carboxylic acids is 2. The van der Waals surface area contributed by atoms with E-state index in [1.807, 2.05) is 22.9 Å². The second kappa shape index (κ2) is 5.18. The summed E-state index contributed by atoms with van der Waals surface area (Å²) in [5.74, 6) is -0.677. The van der Waals surface area contributed by atoms with Gasteiger partial charge < -0.3 is 10.1 Å². The van der Waals surface area contributed by atoms with Gasteiger partial charge in [0.05, 0.1) is 19.2 Å². The first kappa shape index (κ1) is 12.6. The van der Waals surface area contributed by atoms with Crippen molar-refractivity contribution in [2.75, 3.05) is 13.7 Å². The van der Waals surface area contributed by atoms with Crippen molar-refractivity contribution < 1.29 is 14.3 Å². The maximum absolute atomic E-state index is 11.6. The smallest absolute Gasteiger partial charge is 0.325 e. The Morgan fingerprint density at radius 1 is 1.56 bits per heavy atom. The maximum atomic E-state index is 11.6. The maximum Gasteiger partial charge on any atom is 0.325 e. The first-order valence-electron chi connectivity index (χ1n) is 5.35. The molecule has 2 aromatic rings. The van der Waals surface area contributed by atoms with E-state index in [2.05, 4.69) is 15.0 Å². The molecule has 0 fully saturated rings. The summed E-state index contributed by atoms with van der Waals surface area (Å²) in [6.07, 6.45) is 2.10. The molecular formula is C11H13N3O3S. The number of rotatable bonds is 4. The molecule has 0 aromatic carbocycles. The number of ether oxygens (including phenoxy) is 1. The standard InChI is InChI=1S/C11H13N3O3S/c1-7-5-14-8(6-18-11(14)13-7)3-9(15)12-4-10(16)17-2/h5-6H,3-4H2,1-2H3,(H,12,15). The van der Waals surface area contributed by atoms with Gasteiger partial charge in [0.25, 0.3) is 0 Å². The number of imidazole rings is 1. The summed E-state index contributed by atoms with van der Waals surface area (Å²) >= 11 is 1.49. The van der Waals surface area contributed by atoms with E-state index in [9.17, 15) is 9.59 Å². The van der Waals surface area contributed by atoms with E-state index in [4.69, 9.17) is 0 Å². The van der Waals surface area contributed by atoms with Gasteiger partial charge in [-0.15, -0.1) is 11.3 Å². The van der Waals surface area contributed by atoms with Gasteiger partial charge in [-0.3, -0.25) is 14.0 Å². The van der Waals surface area contributed by atoms with Crippen molar-refractivity contribution in [3.05, 3.63) is 23.0 Å². The fourth-order valence-corrected chi connectivity index (χ4v) is 2.46. The number of nitrogens with one attached hydrogen (secondary N) is 1. The number of thiazole rings is 1. The minimum absolute atomic E-state index is 0.106. The van der Waals surface area contributed by atoms with Crippen LogP contribution in [0.15, 0.2) is 11.6 Å². The molecule has 2 rings (SSSR count). The Morgan fingerprint density at radius 2 is 2.33 bits per heavy atom. The first-order chi connectivity index (χ1) is 8.60. The zero-order chi connectivity index (χ0) is 13.1. The van der Waals surface area contributed by atoms with Crippen LogP contribution in [0.25, 0.3) is 4.96 Å². The molecule has 0 saturated carbocycles. The molecule has 18 heavy (non-hydrogen) atoms. The largest absolute Gasteiger partial charge is 0.468 e. The van der Waals surface area contributed by atoms with E-state index in [1.165, 1.54) is 18.4 Å². The third kappa shape index (κ3) is 2.67. The fourth-order valence-electron chi connectivity index (χ4n) is 1.54. The van der Waals surface area contributed by atoms with E-state index in [1.54, 1.807) is 0 Å². The molecule has 0 atom stereocenters. The van der Waals surface area contributed by atoms with Crippen LogP contribution < -0.4 is 5.32 Å². The second-order valence-electron chi connectivity index (χ2n) is 3.79. The number of aryl methyl sites for hydroxylation is 1. The first-order valence-corrected chi connectivity index (χ1v) is 6.23. The van der Waals surface area contributed by atoms with Gasteiger partial charge in [-0.25, -0.2) is 4.98 Å². The Labute approximate surface area is 108 Å². The van der Waals surface area contributed by atoms with Gasteiger partial charge in [0.2, 0.25) is 5.91 Å². The molecule has 0 aliphatic rings. The van der Waals surface area contributed by atoms with E-state index in [0.717, 1.165) is 16.3 Å². The number of carbonyl (C=O) groups is 2. The number of esters is 1. The molecule has 0 saturated heterocycles. The average molecular weight is 267 g/mol. The van der Waals surface area contributed by atoms with Gasteiger partial charge in [0.1, 0.15) is 6.54 Å². The van der Waals surface area contributed by atoms with Gasteiger partial charge >= 0.3 is 5.97 Å². The van der Waals surface area contributed by atoms with Crippen LogP contribution in [0.4, 0.5) is 0 Å². The number of nitrogens with zero attached hydrogens (tertiary/aromatic N) is 2. The summed E-state index contributed by atoms with van der Waals surface area (Å²) in [5.41, 5.74) is 1.77. The summed E-state index contributed by atoms with van der Waals surface area (Å²) in [6, 6.07) is 0. The molecule has 7 heteroatoms. The van der Waals surface area contributed by atoms with Crippen molar-refractivity contribution in [3.8, 4) is 0 Å². The molecule has 6 nitrogen and oxygen atoms in total. The van der Waals surface area contributed by atoms with Gasteiger partial charge in [0, 0.05) is 17.3 Å². The van der Waals surface area contributed by atoms with Crippen LogP contribution in [0.3, 0.4) is 0 Å². The predicted molar refractivity (Wildman–Crippen MR) is 66.5 cm³/mol. The molecule has 96 valence electrons. The lowest BCUT2D eigenvalue weighted by Gasteiger charge is -2.03. The number of aromatic nitrogens is 2. The number of hydrogen-bond acceptors (Lipinski definition) is 5. The Hall–Kier alpha value is -1.89. The number of methoxy groups -OCH3 is 1. The van der Waals surface area contributed by atoms with Crippen LogP contribution in [-0.4, -0.2) is 34.9 Å². The molecule has 0 unspecified atom stereocenters. The molecule has 0 bridgehead atoms. The van der Waals surface area contributed by atoms with Crippen molar-refractivity contribution >= 4 is 28.2 Å². The molecule has 0 aliphatic carbocycles. The van der Waals surface area contributed by atoms with Gasteiger partial charge in [-0.05, 0) is 6.92 Å². The van der Waals surface area contributed by atoms with Crippen LogP contribution in [0.1, 0.15) is 11.4 Å². The SMILES string of the molecule is COC(=O)CNC(=O)Cc1csc2nc(C)cn12. The molecule has 2 aromatic heterocycles. The predicted octanol–water partition coefficient (Wildman–Crippen LogP) is 0.536. The Morgan fingerprint density at radius 3 is 3.06 bits per heavy atom. The molecule has 1 amide bonds. The van der Waals surface area contributed by atoms with E-state index < -0.39 is 5.97 Å². The normalized spacial score (nSPS) is 10.6. The minimum Gasteiger partial charge on any atom is -0.468 e. The lowest BCUT2D eigenvalue weighted by molar-refractivity contribution is -0.141. The van der Waals surface area contributed by atoms with E-state index in [0.29, 0.717) is 0 Å². The molecule has 0 radical (unpaired) electrons. The zero-order valence-electron chi connectivity index (χ0n) is 10.1. The lowest BCUT2D eigenvalue weighted by Crippen LogP contribution is -2.31. The lowest BCUT2D eigenvalue weighted by atomic mass is 10.3. The number of amides is 1. The van der Waals surface area contributed by atoms with E-state index >= 15 is 0 Å². The molecule has 0 aliphatic heterocycles. The van der Waals surface area contributed by atoms with E-state index in [-0.39, 0.29) is 18.9 Å². The topological polar surface area (TPSA) is 72.7 Å². The quantitative estimate of drug-likeness (QED) is 0.820. The highest BCUT2D eigenvalue weighted by atomic mass is 32.1. The fraction of sp³-hybridized carbons (Fsp3) is 0.364. The monoisotopic (exact) mass is 267 g/mol. The summed E-state index contributed by atoms with van der Waals surface area (Å²) < 4.78 is 6.33. The van der Waals surface area contributed by atoms with Crippen molar-refractivity contribution in [2.24, 2.45) is 0 Å². The summed E-state index contributed by atoms with van der Waals surface area (Å²) in [7, 11) is 1.28.